The van der Waals surface area contributed by atoms with Crippen LogP contribution in [0.5, 0.6) is 0 Å². The summed E-state index contributed by atoms with van der Waals surface area (Å²) >= 11 is 11.8. The van der Waals surface area contributed by atoms with Crippen LogP contribution in [0.2, 0.25) is 10.0 Å². The van der Waals surface area contributed by atoms with Gasteiger partial charge < -0.3 is 0 Å². The Balaban J connectivity index is 3.18. The molecule has 0 aromatic heterocycles. The topological polar surface area (TPSA) is 17.1 Å². The SMILES string of the molecule is CC(=O)/C(=C/c1ccc(Cl)cc1Cl)C(C)C. The first-order chi connectivity index (χ1) is 7.41. The van der Waals surface area contributed by atoms with Crippen molar-refractivity contribution in [2.24, 2.45) is 5.92 Å². The summed E-state index contributed by atoms with van der Waals surface area (Å²) in [6, 6.07) is 5.25. The van der Waals surface area contributed by atoms with Gasteiger partial charge in [-0.1, -0.05) is 43.1 Å². The molecule has 0 amide bonds. The molecular formula is C13H14Cl2O. The molecule has 3 heteroatoms. The first kappa shape index (κ1) is 13.3. The number of halogens is 2. The van der Waals surface area contributed by atoms with E-state index in [2.05, 4.69) is 0 Å². The fourth-order valence-corrected chi connectivity index (χ4v) is 1.92. The second-order valence-electron chi connectivity index (χ2n) is 3.98. The number of carbonyl (C=O) groups is 1. The lowest BCUT2D eigenvalue weighted by Gasteiger charge is -2.08. The van der Waals surface area contributed by atoms with Crippen molar-refractivity contribution < 1.29 is 4.79 Å². The summed E-state index contributed by atoms with van der Waals surface area (Å²) in [7, 11) is 0. The van der Waals surface area contributed by atoms with E-state index in [1.165, 1.54) is 0 Å². The number of hydrogen-bond acceptors (Lipinski definition) is 1. The average Bonchev–Trinajstić information content (AvgIpc) is 2.15. The Kier molecular flexibility index (Phi) is 4.57. The Morgan fingerprint density at radius 1 is 1.31 bits per heavy atom. The Morgan fingerprint density at radius 2 is 1.94 bits per heavy atom. The summed E-state index contributed by atoms with van der Waals surface area (Å²) in [6.45, 7) is 5.53. The Hall–Kier alpha value is -0.790. The summed E-state index contributed by atoms with van der Waals surface area (Å²) in [4.78, 5) is 11.4. The maximum atomic E-state index is 11.4. The van der Waals surface area contributed by atoms with Crippen LogP contribution in [-0.4, -0.2) is 5.78 Å². The van der Waals surface area contributed by atoms with Crippen molar-refractivity contribution in [3.05, 3.63) is 39.4 Å². The van der Waals surface area contributed by atoms with Crippen molar-refractivity contribution >= 4 is 35.1 Å². The average molecular weight is 257 g/mol. The van der Waals surface area contributed by atoms with Gasteiger partial charge in [0.1, 0.15) is 0 Å². The van der Waals surface area contributed by atoms with Crippen LogP contribution in [0.4, 0.5) is 0 Å². The third-order valence-electron chi connectivity index (χ3n) is 2.30. The van der Waals surface area contributed by atoms with Crippen LogP contribution in [0.15, 0.2) is 23.8 Å². The second kappa shape index (κ2) is 5.51. The highest BCUT2D eigenvalue weighted by molar-refractivity contribution is 6.35. The largest absolute Gasteiger partial charge is 0.295 e. The Morgan fingerprint density at radius 3 is 2.38 bits per heavy atom. The molecule has 0 radical (unpaired) electrons. The standard InChI is InChI=1S/C13H14Cl2O/c1-8(2)12(9(3)16)6-10-4-5-11(14)7-13(10)15/h4-8H,1-3H3/b12-6+. The summed E-state index contributed by atoms with van der Waals surface area (Å²) in [6.07, 6.45) is 1.83. The Bertz CT molecular complexity index is 434. The number of hydrogen-bond donors (Lipinski definition) is 0. The summed E-state index contributed by atoms with van der Waals surface area (Å²) in [5, 5.41) is 1.16. The molecule has 0 aliphatic heterocycles. The minimum absolute atomic E-state index is 0.0704. The molecule has 0 bridgehead atoms. The third-order valence-corrected chi connectivity index (χ3v) is 2.86. The van der Waals surface area contributed by atoms with Gasteiger partial charge in [0.05, 0.1) is 0 Å². The van der Waals surface area contributed by atoms with Crippen LogP contribution in [0.1, 0.15) is 26.3 Å². The molecule has 0 fully saturated rings. The van der Waals surface area contributed by atoms with E-state index in [9.17, 15) is 4.79 Å². The quantitative estimate of drug-likeness (QED) is 0.722. The molecule has 0 spiro atoms. The highest BCUT2D eigenvalue weighted by atomic mass is 35.5. The molecule has 1 nitrogen and oxygen atoms in total. The number of carbonyl (C=O) groups excluding carboxylic acids is 1. The molecule has 0 aliphatic carbocycles. The van der Waals surface area contributed by atoms with Gasteiger partial charge in [-0.15, -0.1) is 0 Å². The van der Waals surface area contributed by atoms with Crippen LogP contribution in [-0.2, 0) is 4.79 Å². The number of benzene rings is 1. The van der Waals surface area contributed by atoms with E-state index in [0.717, 1.165) is 11.1 Å². The van der Waals surface area contributed by atoms with Crippen molar-refractivity contribution in [3.8, 4) is 0 Å². The normalized spacial score (nSPS) is 12.0. The van der Waals surface area contributed by atoms with E-state index in [4.69, 9.17) is 23.2 Å². The maximum Gasteiger partial charge on any atom is 0.156 e. The molecule has 0 N–H and O–H groups in total. The van der Waals surface area contributed by atoms with Crippen molar-refractivity contribution in [1.29, 1.82) is 0 Å². The molecule has 16 heavy (non-hydrogen) atoms. The number of ketones is 1. The van der Waals surface area contributed by atoms with E-state index in [-0.39, 0.29) is 11.7 Å². The zero-order valence-electron chi connectivity index (χ0n) is 9.55. The predicted molar refractivity (Wildman–Crippen MR) is 70.0 cm³/mol. The van der Waals surface area contributed by atoms with Crippen molar-refractivity contribution in [1.82, 2.24) is 0 Å². The van der Waals surface area contributed by atoms with Crippen molar-refractivity contribution in [2.75, 3.05) is 0 Å². The fourth-order valence-electron chi connectivity index (χ4n) is 1.46. The van der Waals surface area contributed by atoms with Gasteiger partial charge in [0.25, 0.3) is 0 Å². The van der Waals surface area contributed by atoms with Crippen LogP contribution in [0, 0.1) is 5.92 Å². The minimum Gasteiger partial charge on any atom is -0.295 e. The summed E-state index contributed by atoms with van der Waals surface area (Å²) < 4.78 is 0. The molecule has 0 heterocycles. The Labute approximate surface area is 106 Å². The van der Waals surface area contributed by atoms with Gasteiger partial charge in [-0.25, -0.2) is 0 Å². The number of rotatable bonds is 3. The van der Waals surface area contributed by atoms with E-state index in [1.807, 2.05) is 26.0 Å². The highest BCUT2D eigenvalue weighted by Gasteiger charge is 2.09. The van der Waals surface area contributed by atoms with Gasteiger partial charge in [0.15, 0.2) is 5.78 Å². The first-order valence-corrected chi connectivity index (χ1v) is 5.85. The molecule has 86 valence electrons. The number of Topliss-reactive ketones (excluding diaryl/α,β-unsaturated/α-hetero) is 1. The lowest BCUT2D eigenvalue weighted by atomic mass is 9.97. The van der Waals surface area contributed by atoms with Gasteiger partial charge >= 0.3 is 0 Å². The van der Waals surface area contributed by atoms with Gasteiger partial charge in [0, 0.05) is 10.0 Å². The molecule has 1 aromatic rings. The molecule has 0 saturated carbocycles. The monoisotopic (exact) mass is 256 g/mol. The van der Waals surface area contributed by atoms with E-state index < -0.39 is 0 Å². The van der Waals surface area contributed by atoms with E-state index in [1.54, 1.807) is 19.1 Å². The molecule has 0 aliphatic rings. The van der Waals surface area contributed by atoms with Crippen LogP contribution in [0.25, 0.3) is 6.08 Å². The molecule has 1 aromatic carbocycles. The molecule has 0 unspecified atom stereocenters. The third kappa shape index (κ3) is 3.36. The maximum absolute atomic E-state index is 11.4. The van der Waals surface area contributed by atoms with E-state index >= 15 is 0 Å². The molecule has 0 atom stereocenters. The van der Waals surface area contributed by atoms with E-state index in [0.29, 0.717) is 10.0 Å². The zero-order valence-corrected chi connectivity index (χ0v) is 11.1. The van der Waals surface area contributed by atoms with Gasteiger partial charge in [0.2, 0.25) is 0 Å². The van der Waals surface area contributed by atoms with Crippen molar-refractivity contribution in [2.45, 2.75) is 20.8 Å². The molecular weight excluding hydrogens is 243 g/mol. The lowest BCUT2D eigenvalue weighted by molar-refractivity contribution is -0.113. The minimum atomic E-state index is 0.0704. The second-order valence-corrected chi connectivity index (χ2v) is 4.82. The van der Waals surface area contributed by atoms with Crippen LogP contribution in [0.3, 0.4) is 0 Å². The smallest absolute Gasteiger partial charge is 0.156 e. The predicted octanol–water partition coefficient (Wildman–Crippen LogP) is 4.62. The number of allylic oxidation sites excluding steroid dienone is 1. The summed E-state index contributed by atoms with van der Waals surface area (Å²) in [5.74, 6) is 0.255. The van der Waals surface area contributed by atoms with Crippen molar-refractivity contribution in [3.63, 3.8) is 0 Å². The highest BCUT2D eigenvalue weighted by Crippen LogP contribution is 2.25. The van der Waals surface area contributed by atoms with Gasteiger partial charge in [-0.2, -0.15) is 0 Å². The van der Waals surface area contributed by atoms with Gasteiger partial charge in [-0.3, -0.25) is 4.79 Å². The first-order valence-electron chi connectivity index (χ1n) is 5.09. The molecule has 1 rings (SSSR count). The fraction of sp³-hybridized carbons (Fsp3) is 0.308. The zero-order chi connectivity index (χ0) is 12.3. The van der Waals surface area contributed by atoms with Crippen LogP contribution < -0.4 is 0 Å². The molecule has 0 saturated heterocycles. The van der Waals surface area contributed by atoms with Gasteiger partial charge in [-0.05, 0) is 42.2 Å². The summed E-state index contributed by atoms with van der Waals surface area (Å²) in [5.41, 5.74) is 1.59. The van der Waals surface area contributed by atoms with Crippen LogP contribution >= 0.6 is 23.2 Å². The lowest BCUT2D eigenvalue weighted by Crippen LogP contribution is -2.03.